The summed E-state index contributed by atoms with van der Waals surface area (Å²) in [5.41, 5.74) is 6.03. The fourth-order valence-corrected chi connectivity index (χ4v) is 2.21. The third-order valence-electron chi connectivity index (χ3n) is 3.57. The van der Waals surface area contributed by atoms with E-state index < -0.39 is 0 Å². The second-order valence-corrected chi connectivity index (χ2v) is 4.83. The van der Waals surface area contributed by atoms with Crippen molar-refractivity contribution < 1.29 is 0 Å². The number of piperidine rings is 1. The Kier molecular flexibility index (Phi) is 3.26. The Morgan fingerprint density at radius 3 is 2.71 bits per heavy atom. The summed E-state index contributed by atoms with van der Waals surface area (Å²) in [5.74, 6) is 2.10. The van der Waals surface area contributed by atoms with E-state index in [0.717, 1.165) is 31.2 Å². The first kappa shape index (κ1) is 11.8. The van der Waals surface area contributed by atoms with Gasteiger partial charge in [0.15, 0.2) is 5.82 Å². The Hall–Kier alpha value is -1.65. The summed E-state index contributed by atoms with van der Waals surface area (Å²) in [6.07, 6.45) is 4.38. The van der Waals surface area contributed by atoms with Crippen molar-refractivity contribution >= 4 is 11.7 Å². The van der Waals surface area contributed by atoms with Gasteiger partial charge in [-0.25, -0.2) is 9.97 Å². The summed E-state index contributed by atoms with van der Waals surface area (Å²) in [7, 11) is 0. The molecule has 2 unspecified atom stereocenters. The zero-order valence-electron chi connectivity index (χ0n) is 10.3. The summed E-state index contributed by atoms with van der Waals surface area (Å²) in [4.78, 5) is 10.7. The molecule has 1 aromatic rings. The fraction of sp³-hybridized carbons (Fsp3) is 0.583. The lowest BCUT2D eigenvalue weighted by atomic mass is 9.88. The number of nitrogen functional groups attached to an aromatic ring is 1. The van der Waals surface area contributed by atoms with Crippen LogP contribution in [-0.4, -0.2) is 28.9 Å². The van der Waals surface area contributed by atoms with Crippen LogP contribution in [0.3, 0.4) is 0 Å². The maximum Gasteiger partial charge on any atom is 0.158 e. The third-order valence-corrected chi connectivity index (χ3v) is 3.57. The highest BCUT2D eigenvalue weighted by Crippen LogP contribution is 2.26. The summed E-state index contributed by atoms with van der Waals surface area (Å²) in [6.45, 7) is 6.45. The predicted molar refractivity (Wildman–Crippen MR) is 68.2 cm³/mol. The minimum absolute atomic E-state index is 0.0145. The zero-order chi connectivity index (χ0) is 12.4. The van der Waals surface area contributed by atoms with Crippen LogP contribution in [0.5, 0.6) is 0 Å². The van der Waals surface area contributed by atoms with Crippen molar-refractivity contribution in [3.8, 4) is 0 Å². The molecule has 0 saturated carbocycles. The third kappa shape index (κ3) is 2.38. The number of amidine groups is 1. The Morgan fingerprint density at radius 2 is 2.06 bits per heavy atom. The van der Waals surface area contributed by atoms with Crippen LogP contribution in [-0.2, 0) is 0 Å². The number of hydrogen-bond acceptors (Lipinski definition) is 4. The topological polar surface area (TPSA) is 78.9 Å². The average Bonchev–Trinajstić information content (AvgIpc) is 2.32. The van der Waals surface area contributed by atoms with Gasteiger partial charge in [0.2, 0.25) is 0 Å². The molecule has 0 radical (unpaired) electrons. The van der Waals surface area contributed by atoms with Crippen molar-refractivity contribution in [1.82, 2.24) is 9.97 Å². The molecule has 1 fully saturated rings. The highest BCUT2D eigenvalue weighted by Gasteiger charge is 2.25. The molecule has 1 aliphatic rings. The van der Waals surface area contributed by atoms with Gasteiger partial charge >= 0.3 is 0 Å². The molecule has 5 heteroatoms. The molecule has 3 N–H and O–H groups in total. The molecule has 0 bridgehead atoms. The number of nitrogens with zero attached hydrogens (tertiary/aromatic N) is 3. The first-order valence-corrected chi connectivity index (χ1v) is 6.00. The summed E-state index contributed by atoms with van der Waals surface area (Å²) in [5, 5.41) is 7.53. The van der Waals surface area contributed by atoms with Crippen LogP contribution in [0.1, 0.15) is 26.0 Å². The minimum atomic E-state index is -0.0145. The number of anilines is 1. The largest absolute Gasteiger partial charge is 0.382 e. The van der Waals surface area contributed by atoms with Crippen LogP contribution in [0, 0.1) is 17.2 Å². The molecular formula is C12H19N5. The molecule has 0 aliphatic carbocycles. The van der Waals surface area contributed by atoms with Crippen LogP contribution >= 0.6 is 0 Å². The summed E-state index contributed by atoms with van der Waals surface area (Å²) >= 11 is 0. The molecule has 1 aliphatic heterocycles. The fourth-order valence-electron chi connectivity index (χ4n) is 2.21. The molecule has 2 rings (SSSR count). The summed E-state index contributed by atoms with van der Waals surface area (Å²) in [6, 6.07) is 0. The molecule has 0 spiro atoms. The van der Waals surface area contributed by atoms with Gasteiger partial charge in [-0.15, -0.1) is 0 Å². The van der Waals surface area contributed by atoms with Gasteiger partial charge in [0, 0.05) is 25.5 Å². The van der Waals surface area contributed by atoms with E-state index in [1.54, 1.807) is 12.4 Å². The molecule has 0 amide bonds. The molecular weight excluding hydrogens is 214 g/mol. The van der Waals surface area contributed by atoms with Gasteiger partial charge in [-0.05, 0) is 18.3 Å². The molecule has 5 nitrogen and oxygen atoms in total. The van der Waals surface area contributed by atoms with Gasteiger partial charge in [-0.2, -0.15) is 0 Å². The second kappa shape index (κ2) is 4.69. The number of hydrogen-bond donors (Lipinski definition) is 2. The normalized spacial score (nSPS) is 24.7. The lowest BCUT2D eigenvalue weighted by molar-refractivity contribution is 0.322. The van der Waals surface area contributed by atoms with Gasteiger partial charge in [0.1, 0.15) is 11.5 Å². The minimum Gasteiger partial charge on any atom is -0.382 e. The van der Waals surface area contributed by atoms with Crippen molar-refractivity contribution in [3.05, 3.63) is 18.1 Å². The molecule has 1 aromatic heterocycles. The lowest BCUT2D eigenvalue weighted by Gasteiger charge is -2.36. The average molecular weight is 233 g/mol. The zero-order valence-corrected chi connectivity index (χ0v) is 10.3. The first-order chi connectivity index (χ1) is 8.09. The van der Waals surface area contributed by atoms with Gasteiger partial charge in [0.25, 0.3) is 0 Å². The van der Waals surface area contributed by atoms with Crippen molar-refractivity contribution in [2.45, 2.75) is 20.3 Å². The van der Waals surface area contributed by atoms with E-state index in [4.69, 9.17) is 11.1 Å². The number of nitrogens with two attached hydrogens (primary N) is 1. The molecule has 2 atom stereocenters. The number of aromatic nitrogens is 2. The van der Waals surface area contributed by atoms with Crippen LogP contribution in [0.4, 0.5) is 5.82 Å². The van der Waals surface area contributed by atoms with Crippen molar-refractivity contribution in [3.63, 3.8) is 0 Å². The van der Waals surface area contributed by atoms with Crippen molar-refractivity contribution in [1.29, 1.82) is 5.41 Å². The van der Waals surface area contributed by atoms with E-state index in [1.165, 1.54) is 0 Å². The van der Waals surface area contributed by atoms with Crippen molar-refractivity contribution in [2.75, 3.05) is 18.0 Å². The molecule has 2 heterocycles. The lowest BCUT2D eigenvalue weighted by Crippen LogP contribution is -2.40. The Bertz CT molecular complexity index is 417. The molecule has 92 valence electrons. The second-order valence-electron chi connectivity index (χ2n) is 4.83. The predicted octanol–water partition coefficient (Wildman–Crippen LogP) is 1.24. The quantitative estimate of drug-likeness (QED) is 0.595. The number of nitrogens with one attached hydrogen (secondary N) is 1. The molecule has 17 heavy (non-hydrogen) atoms. The van der Waals surface area contributed by atoms with Crippen LogP contribution < -0.4 is 10.6 Å². The standard InChI is InChI=1S/C12H19N5/c1-8-3-6-17(7-9(8)2)12-10(11(13)14)15-4-5-16-12/h4-5,8-9H,3,6-7H2,1-2H3,(H3,13,14). The van der Waals surface area contributed by atoms with Crippen LogP contribution in [0.15, 0.2) is 12.4 Å². The molecule has 0 aromatic carbocycles. The van der Waals surface area contributed by atoms with E-state index in [0.29, 0.717) is 11.6 Å². The van der Waals surface area contributed by atoms with Gasteiger partial charge in [-0.3, -0.25) is 5.41 Å². The van der Waals surface area contributed by atoms with Crippen LogP contribution in [0.2, 0.25) is 0 Å². The molecule has 1 saturated heterocycles. The Balaban J connectivity index is 2.25. The van der Waals surface area contributed by atoms with E-state index >= 15 is 0 Å². The highest BCUT2D eigenvalue weighted by molar-refractivity contribution is 5.97. The van der Waals surface area contributed by atoms with E-state index in [2.05, 4.69) is 28.7 Å². The maximum atomic E-state index is 7.53. The highest BCUT2D eigenvalue weighted by atomic mass is 15.2. The summed E-state index contributed by atoms with van der Waals surface area (Å²) < 4.78 is 0. The van der Waals surface area contributed by atoms with Gasteiger partial charge < -0.3 is 10.6 Å². The van der Waals surface area contributed by atoms with Crippen LogP contribution in [0.25, 0.3) is 0 Å². The van der Waals surface area contributed by atoms with E-state index in [1.807, 2.05) is 0 Å². The Morgan fingerprint density at radius 1 is 1.35 bits per heavy atom. The Labute approximate surface area is 102 Å². The smallest absolute Gasteiger partial charge is 0.158 e. The van der Waals surface area contributed by atoms with Gasteiger partial charge in [-0.1, -0.05) is 13.8 Å². The number of rotatable bonds is 2. The van der Waals surface area contributed by atoms with E-state index in [9.17, 15) is 0 Å². The first-order valence-electron chi connectivity index (χ1n) is 6.00. The maximum absolute atomic E-state index is 7.53. The van der Waals surface area contributed by atoms with Gasteiger partial charge in [0.05, 0.1) is 0 Å². The van der Waals surface area contributed by atoms with Crippen molar-refractivity contribution in [2.24, 2.45) is 17.6 Å². The monoisotopic (exact) mass is 233 g/mol. The SMILES string of the molecule is CC1CCN(c2nccnc2C(=N)N)CC1C. The van der Waals surface area contributed by atoms with E-state index in [-0.39, 0.29) is 5.84 Å².